The molecule has 0 radical (unpaired) electrons. The molecule has 1 aliphatic heterocycles. The van der Waals surface area contributed by atoms with E-state index >= 15 is 0 Å². The van der Waals surface area contributed by atoms with E-state index in [2.05, 4.69) is 10.2 Å². The molecule has 1 atom stereocenters. The van der Waals surface area contributed by atoms with Gasteiger partial charge in [0.2, 0.25) is 5.91 Å². The molecule has 4 rings (SSSR count). The molecule has 27 heavy (non-hydrogen) atoms. The van der Waals surface area contributed by atoms with E-state index in [1.165, 1.54) is 12.1 Å². The van der Waals surface area contributed by atoms with Gasteiger partial charge in [-0.15, -0.1) is 0 Å². The minimum atomic E-state index is -0.318. The number of amides is 1. The van der Waals surface area contributed by atoms with Crippen LogP contribution in [0.1, 0.15) is 12.5 Å². The molecule has 4 nitrogen and oxygen atoms in total. The first-order valence-corrected chi connectivity index (χ1v) is 9.26. The molecule has 0 aliphatic carbocycles. The average Bonchev–Trinajstić information content (AvgIpc) is 2.65. The van der Waals surface area contributed by atoms with Gasteiger partial charge in [0.15, 0.2) is 0 Å². The molecule has 3 aromatic rings. The molecule has 1 N–H and O–H groups in total. The van der Waals surface area contributed by atoms with Gasteiger partial charge >= 0.3 is 0 Å². The van der Waals surface area contributed by atoms with Crippen molar-refractivity contribution in [3.8, 4) is 11.3 Å². The van der Waals surface area contributed by atoms with E-state index in [0.717, 1.165) is 28.8 Å². The fourth-order valence-corrected chi connectivity index (χ4v) is 3.65. The first kappa shape index (κ1) is 17.9. The van der Waals surface area contributed by atoms with Crippen LogP contribution in [0.25, 0.3) is 22.2 Å². The molecular weight excluding hydrogens is 365 g/mol. The number of pyridine rings is 1. The summed E-state index contributed by atoms with van der Waals surface area (Å²) in [4.78, 5) is 18.9. The van der Waals surface area contributed by atoms with Crippen LogP contribution >= 0.6 is 11.6 Å². The summed E-state index contributed by atoms with van der Waals surface area (Å²) in [6.45, 7) is 3.87. The van der Waals surface area contributed by atoms with Crippen LogP contribution in [0.3, 0.4) is 0 Å². The van der Waals surface area contributed by atoms with E-state index in [4.69, 9.17) is 16.6 Å². The lowest BCUT2D eigenvalue weighted by Gasteiger charge is -2.33. The Kier molecular flexibility index (Phi) is 4.81. The number of hydrogen-bond acceptors (Lipinski definition) is 3. The standard InChI is InChI=1S/C21H19ClFN3O/c1-13-21(27)24-7-8-26(13)12-16-9-14-5-6-18(23)11-19(14)25-20(16)15-3-2-4-17(22)10-15/h2-6,9-11,13H,7-8,12H2,1H3,(H,24,27)/t13-/m0/s1. The number of nitrogens with zero attached hydrogens (tertiary/aromatic N) is 2. The van der Waals surface area contributed by atoms with Crippen molar-refractivity contribution in [2.24, 2.45) is 0 Å². The summed E-state index contributed by atoms with van der Waals surface area (Å²) in [5, 5.41) is 4.36. The molecular formula is C21H19ClFN3O. The minimum Gasteiger partial charge on any atom is -0.353 e. The van der Waals surface area contributed by atoms with Crippen molar-refractivity contribution < 1.29 is 9.18 Å². The predicted octanol–water partition coefficient (Wildman–Crippen LogP) is 4.01. The van der Waals surface area contributed by atoms with Crippen LogP contribution in [0.5, 0.6) is 0 Å². The van der Waals surface area contributed by atoms with E-state index < -0.39 is 0 Å². The van der Waals surface area contributed by atoms with Crippen LogP contribution in [0.4, 0.5) is 4.39 Å². The highest BCUT2D eigenvalue weighted by atomic mass is 35.5. The zero-order valence-corrected chi connectivity index (χ0v) is 15.6. The Labute approximate surface area is 162 Å². The van der Waals surface area contributed by atoms with E-state index in [9.17, 15) is 9.18 Å². The summed E-state index contributed by atoms with van der Waals surface area (Å²) in [5.74, 6) is -0.289. The molecule has 0 bridgehead atoms. The van der Waals surface area contributed by atoms with Gasteiger partial charge in [-0.3, -0.25) is 9.69 Å². The van der Waals surface area contributed by atoms with Crippen LogP contribution in [-0.2, 0) is 11.3 Å². The Morgan fingerprint density at radius 1 is 1.26 bits per heavy atom. The van der Waals surface area contributed by atoms with Gasteiger partial charge in [-0.2, -0.15) is 0 Å². The molecule has 0 saturated carbocycles. The third-order valence-corrected chi connectivity index (χ3v) is 5.19. The van der Waals surface area contributed by atoms with Gasteiger partial charge < -0.3 is 5.32 Å². The van der Waals surface area contributed by atoms with E-state index in [-0.39, 0.29) is 17.8 Å². The van der Waals surface area contributed by atoms with Crippen molar-refractivity contribution in [3.63, 3.8) is 0 Å². The highest BCUT2D eigenvalue weighted by Crippen LogP contribution is 2.29. The zero-order valence-electron chi connectivity index (χ0n) is 14.9. The number of halogens is 2. The van der Waals surface area contributed by atoms with E-state index in [0.29, 0.717) is 23.6 Å². The summed E-state index contributed by atoms with van der Waals surface area (Å²) >= 11 is 6.17. The number of carbonyl (C=O) groups excluding carboxylic acids is 1. The fraction of sp³-hybridized carbons (Fsp3) is 0.238. The quantitative estimate of drug-likeness (QED) is 0.743. The lowest BCUT2D eigenvalue weighted by atomic mass is 10.0. The summed E-state index contributed by atoms with van der Waals surface area (Å²) in [6.07, 6.45) is 0. The van der Waals surface area contributed by atoms with Crippen molar-refractivity contribution in [1.82, 2.24) is 15.2 Å². The predicted molar refractivity (Wildman–Crippen MR) is 105 cm³/mol. The van der Waals surface area contributed by atoms with Gasteiger partial charge in [0.25, 0.3) is 0 Å². The Balaban J connectivity index is 1.83. The van der Waals surface area contributed by atoms with Crippen molar-refractivity contribution in [2.45, 2.75) is 19.5 Å². The lowest BCUT2D eigenvalue weighted by molar-refractivity contribution is -0.128. The second-order valence-corrected chi connectivity index (χ2v) is 7.22. The number of piperazine rings is 1. The Morgan fingerprint density at radius 2 is 2.11 bits per heavy atom. The van der Waals surface area contributed by atoms with Gasteiger partial charge in [0, 0.05) is 41.7 Å². The Bertz CT molecular complexity index is 1020. The van der Waals surface area contributed by atoms with Crippen LogP contribution in [0, 0.1) is 5.82 Å². The molecule has 1 aliphatic rings. The van der Waals surface area contributed by atoms with Crippen molar-refractivity contribution in [2.75, 3.05) is 13.1 Å². The maximum absolute atomic E-state index is 13.7. The molecule has 1 amide bonds. The number of fused-ring (bicyclic) bond motifs is 1. The van der Waals surface area contributed by atoms with E-state index in [1.807, 2.05) is 37.3 Å². The smallest absolute Gasteiger partial charge is 0.237 e. The minimum absolute atomic E-state index is 0.0291. The van der Waals surface area contributed by atoms with E-state index in [1.54, 1.807) is 6.07 Å². The lowest BCUT2D eigenvalue weighted by Crippen LogP contribution is -2.53. The van der Waals surface area contributed by atoms with Crippen LogP contribution in [0.2, 0.25) is 5.02 Å². The highest BCUT2D eigenvalue weighted by Gasteiger charge is 2.26. The number of aromatic nitrogens is 1. The van der Waals surface area contributed by atoms with Gasteiger partial charge in [0.1, 0.15) is 5.82 Å². The zero-order chi connectivity index (χ0) is 19.0. The number of nitrogens with one attached hydrogen (secondary N) is 1. The summed E-state index contributed by atoms with van der Waals surface area (Å²) in [7, 11) is 0. The molecule has 1 saturated heterocycles. The fourth-order valence-electron chi connectivity index (χ4n) is 3.45. The van der Waals surface area contributed by atoms with Crippen molar-refractivity contribution >= 4 is 28.4 Å². The molecule has 138 valence electrons. The Hall–Kier alpha value is -2.50. The second kappa shape index (κ2) is 7.25. The number of carbonyl (C=O) groups is 1. The van der Waals surface area contributed by atoms with Crippen LogP contribution in [0.15, 0.2) is 48.5 Å². The third-order valence-electron chi connectivity index (χ3n) is 4.96. The molecule has 2 heterocycles. The SMILES string of the molecule is C[C@H]1C(=O)NCCN1Cc1cc2ccc(F)cc2nc1-c1cccc(Cl)c1. The van der Waals surface area contributed by atoms with Crippen LogP contribution in [-0.4, -0.2) is 34.9 Å². The first-order chi connectivity index (χ1) is 13.0. The number of hydrogen-bond donors (Lipinski definition) is 1. The van der Waals surface area contributed by atoms with Crippen molar-refractivity contribution in [3.05, 3.63) is 64.9 Å². The highest BCUT2D eigenvalue weighted by molar-refractivity contribution is 6.30. The normalized spacial score (nSPS) is 17.9. The maximum Gasteiger partial charge on any atom is 0.237 e. The first-order valence-electron chi connectivity index (χ1n) is 8.88. The number of benzene rings is 2. The van der Waals surface area contributed by atoms with Crippen molar-refractivity contribution in [1.29, 1.82) is 0 Å². The maximum atomic E-state index is 13.7. The molecule has 2 aromatic carbocycles. The van der Waals surface area contributed by atoms with Gasteiger partial charge in [-0.25, -0.2) is 9.37 Å². The number of rotatable bonds is 3. The largest absolute Gasteiger partial charge is 0.353 e. The molecule has 0 spiro atoms. The Morgan fingerprint density at radius 3 is 2.93 bits per heavy atom. The van der Waals surface area contributed by atoms with Crippen LogP contribution < -0.4 is 5.32 Å². The monoisotopic (exact) mass is 383 g/mol. The van der Waals surface area contributed by atoms with Gasteiger partial charge in [0.05, 0.1) is 17.3 Å². The molecule has 1 aromatic heterocycles. The molecule has 1 fully saturated rings. The van der Waals surface area contributed by atoms with Gasteiger partial charge in [-0.1, -0.05) is 23.7 Å². The third kappa shape index (κ3) is 3.66. The topological polar surface area (TPSA) is 45.2 Å². The summed E-state index contributed by atoms with van der Waals surface area (Å²) in [6, 6.07) is 13.9. The molecule has 6 heteroatoms. The summed E-state index contributed by atoms with van der Waals surface area (Å²) < 4.78 is 13.7. The second-order valence-electron chi connectivity index (χ2n) is 6.78. The van der Waals surface area contributed by atoms with Gasteiger partial charge in [-0.05, 0) is 42.8 Å². The average molecular weight is 384 g/mol. The molecule has 0 unspecified atom stereocenters. The summed E-state index contributed by atoms with van der Waals surface area (Å²) in [5.41, 5.74) is 3.21.